The van der Waals surface area contributed by atoms with Gasteiger partial charge in [-0.25, -0.2) is 0 Å². The highest BCUT2D eigenvalue weighted by Crippen LogP contribution is 2.40. The molecule has 14 heavy (non-hydrogen) atoms. The summed E-state index contributed by atoms with van der Waals surface area (Å²) in [7, 11) is 0. The Hall–Kier alpha value is 0.0400. The number of benzene rings is 1. The van der Waals surface area contributed by atoms with E-state index in [1.165, 1.54) is 13.0 Å². The van der Waals surface area contributed by atoms with Crippen molar-refractivity contribution in [1.29, 1.82) is 0 Å². The van der Waals surface area contributed by atoms with Crippen molar-refractivity contribution in [1.82, 2.24) is 0 Å². The molecule has 6 heteroatoms. The van der Waals surface area contributed by atoms with Crippen molar-refractivity contribution in [2.75, 3.05) is 5.32 Å². The number of halogens is 4. The third-order valence-corrected chi connectivity index (χ3v) is 3.67. The van der Waals surface area contributed by atoms with Crippen LogP contribution in [0.25, 0.3) is 0 Å². The summed E-state index contributed by atoms with van der Waals surface area (Å²) in [6.45, 7) is 1.37. The first-order chi connectivity index (χ1) is 6.43. The second-order valence-electron chi connectivity index (χ2n) is 2.52. The van der Waals surface area contributed by atoms with E-state index in [0.29, 0.717) is 20.2 Å². The van der Waals surface area contributed by atoms with Crippen molar-refractivity contribution < 1.29 is 4.79 Å². The Kier molecular flexibility index (Phi) is 4.07. The SMILES string of the molecule is CC(=O)Nc1c(Cl)cc(Cl)c(Br)c1Cl. The average Bonchev–Trinajstić information content (AvgIpc) is 2.09. The van der Waals surface area contributed by atoms with Crippen LogP contribution in [0.2, 0.25) is 15.1 Å². The normalized spacial score (nSPS) is 10.1. The summed E-state index contributed by atoms with van der Waals surface area (Å²) in [6, 6.07) is 1.50. The van der Waals surface area contributed by atoms with Gasteiger partial charge in [0.15, 0.2) is 0 Å². The molecule has 0 saturated carbocycles. The van der Waals surface area contributed by atoms with Crippen molar-refractivity contribution in [3.05, 3.63) is 25.6 Å². The fraction of sp³-hybridized carbons (Fsp3) is 0.125. The number of hydrogen-bond acceptors (Lipinski definition) is 1. The van der Waals surface area contributed by atoms with E-state index in [-0.39, 0.29) is 10.9 Å². The molecule has 1 rings (SSSR count). The first kappa shape index (κ1) is 12.1. The van der Waals surface area contributed by atoms with Crippen molar-refractivity contribution in [2.45, 2.75) is 6.92 Å². The largest absolute Gasteiger partial charge is 0.324 e. The monoisotopic (exact) mass is 315 g/mol. The molecule has 0 aliphatic rings. The fourth-order valence-electron chi connectivity index (χ4n) is 0.857. The van der Waals surface area contributed by atoms with E-state index in [0.717, 1.165) is 0 Å². The first-order valence-corrected chi connectivity index (χ1v) is 5.46. The van der Waals surface area contributed by atoms with Crippen molar-refractivity contribution in [3.8, 4) is 0 Å². The van der Waals surface area contributed by atoms with Gasteiger partial charge >= 0.3 is 0 Å². The van der Waals surface area contributed by atoms with Gasteiger partial charge in [0, 0.05) is 6.92 Å². The number of amides is 1. The predicted octanol–water partition coefficient (Wildman–Crippen LogP) is 4.37. The number of carbonyl (C=O) groups is 1. The maximum atomic E-state index is 10.8. The van der Waals surface area contributed by atoms with Crippen LogP contribution in [0.5, 0.6) is 0 Å². The molecule has 0 aromatic heterocycles. The van der Waals surface area contributed by atoms with Crippen molar-refractivity contribution in [3.63, 3.8) is 0 Å². The van der Waals surface area contributed by atoms with Gasteiger partial charge in [-0.1, -0.05) is 34.8 Å². The summed E-state index contributed by atoms with van der Waals surface area (Å²) in [5, 5.41) is 3.51. The van der Waals surface area contributed by atoms with E-state index in [4.69, 9.17) is 34.8 Å². The summed E-state index contributed by atoms with van der Waals surface area (Å²) in [6.07, 6.45) is 0. The minimum absolute atomic E-state index is 0.247. The smallest absolute Gasteiger partial charge is 0.221 e. The van der Waals surface area contributed by atoms with Crippen LogP contribution in [0.3, 0.4) is 0 Å². The van der Waals surface area contributed by atoms with Crippen LogP contribution < -0.4 is 5.32 Å². The Balaban J connectivity index is 3.29. The predicted molar refractivity (Wildman–Crippen MR) is 63.5 cm³/mol. The molecule has 1 aromatic carbocycles. The van der Waals surface area contributed by atoms with E-state index >= 15 is 0 Å². The van der Waals surface area contributed by atoms with E-state index in [1.807, 2.05) is 0 Å². The molecule has 0 fully saturated rings. The van der Waals surface area contributed by atoms with Crippen molar-refractivity contribution in [2.24, 2.45) is 0 Å². The van der Waals surface area contributed by atoms with Gasteiger partial charge in [0.25, 0.3) is 0 Å². The Morgan fingerprint density at radius 3 is 2.43 bits per heavy atom. The van der Waals surface area contributed by atoms with Gasteiger partial charge in [-0.2, -0.15) is 0 Å². The van der Waals surface area contributed by atoms with Crippen LogP contribution >= 0.6 is 50.7 Å². The molecule has 1 amide bonds. The average molecular weight is 317 g/mol. The van der Waals surface area contributed by atoms with Gasteiger partial charge in [0.1, 0.15) is 0 Å². The maximum Gasteiger partial charge on any atom is 0.221 e. The molecule has 0 radical (unpaired) electrons. The van der Waals surface area contributed by atoms with E-state index in [2.05, 4.69) is 21.2 Å². The lowest BCUT2D eigenvalue weighted by atomic mass is 10.3. The van der Waals surface area contributed by atoms with Crippen LogP contribution in [0, 0.1) is 0 Å². The van der Waals surface area contributed by atoms with Crippen LogP contribution in [-0.4, -0.2) is 5.91 Å². The van der Waals surface area contributed by atoms with Gasteiger partial charge in [0.2, 0.25) is 5.91 Å². The van der Waals surface area contributed by atoms with Gasteiger partial charge < -0.3 is 5.32 Å². The molecule has 0 unspecified atom stereocenters. The first-order valence-electron chi connectivity index (χ1n) is 3.54. The van der Waals surface area contributed by atoms with E-state index in [1.54, 1.807) is 0 Å². The third-order valence-electron chi connectivity index (χ3n) is 1.42. The minimum Gasteiger partial charge on any atom is -0.324 e. The second kappa shape index (κ2) is 4.71. The molecular formula is C8H5BrCl3NO. The molecule has 76 valence electrons. The zero-order valence-corrected chi connectivity index (χ0v) is 10.9. The molecule has 1 aromatic rings. The fourth-order valence-corrected chi connectivity index (χ4v) is 2.03. The molecule has 0 aliphatic heterocycles. The molecule has 0 spiro atoms. The Morgan fingerprint density at radius 1 is 1.36 bits per heavy atom. The quantitative estimate of drug-likeness (QED) is 0.605. The Labute approximate surface area is 105 Å². The molecular weight excluding hydrogens is 312 g/mol. The zero-order valence-electron chi connectivity index (χ0n) is 7.00. The number of carbonyl (C=O) groups excluding carboxylic acids is 1. The lowest BCUT2D eigenvalue weighted by molar-refractivity contribution is -0.114. The highest BCUT2D eigenvalue weighted by molar-refractivity contribution is 9.10. The maximum absolute atomic E-state index is 10.8. The summed E-state index contributed by atoms with van der Waals surface area (Å²) >= 11 is 20.7. The van der Waals surface area contributed by atoms with Gasteiger partial charge in [0.05, 0.1) is 25.2 Å². The van der Waals surface area contributed by atoms with Gasteiger partial charge in [-0.05, 0) is 22.0 Å². The summed E-state index contributed by atoms with van der Waals surface area (Å²) in [5.41, 5.74) is 0.358. The summed E-state index contributed by atoms with van der Waals surface area (Å²) < 4.78 is 0.508. The number of rotatable bonds is 1. The Bertz CT molecular complexity index is 395. The topological polar surface area (TPSA) is 29.1 Å². The van der Waals surface area contributed by atoms with E-state index < -0.39 is 0 Å². The highest BCUT2D eigenvalue weighted by atomic mass is 79.9. The molecule has 0 heterocycles. The molecule has 0 saturated heterocycles. The summed E-state index contributed by atoms with van der Waals surface area (Å²) in [5.74, 6) is -0.247. The Morgan fingerprint density at radius 2 is 1.93 bits per heavy atom. The molecule has 1 N–H and O–H groups in total. The third kappa shape index (κ3) is 2.54. The number of anilines is 1. The lowest BCUT2D eigenvalue weighted by Crippen LogP contribution is -2.07. The van der Waals surface area contributed by atoms with Gasteiger partial charge in [-0.15, -0.1) is 0 Å². The molecule has 0 atom stereocenters. The van der Waals surface area contributed by atoms with Crippen molar-refractivity contribution >= 4 is 62.3 Å². The minimum atomic E-state index is -0.247. The number of hydrogen-bond donors (Lipinski definition) is 1. The molecule has 2 nitrogen and oxygen atoms in total. The zero-order chi connectivity index (χ0) is 10.9. The number of nitrogens with one attached hydrogen (secondary N) is 1. The molecule has 0 bridgehead atoms. The lowest BCUT2D eigenvalue weighted by Gasteiger charge is -2.09. The van der Waals surface area contributed by atoms with E-state index in [9.17, 15) is 4.79 Å². The highest BCUT2D eigenvalue weighted by Gasteiger charge is 2.13. The van der Waals surface area contributed by atoms with Crippen LogP contribution in [0.15, 0.2) is 10.5 Å². The standard InChI is InChI=1S/C8H5BrCl3NO/c1-3(14)13-8-5(11)2-4(10)6(9)7(8)12/h2H,1H3,(H,13,14). The summed E-state index contributed by atoms with van der Waals surface area (Å²) in [4.78, 5) is 10.8. The molecule has 0 aliphatic carbocycles. The van der Waals surface area contributed by atoms with Crippen LogP contribution in [-0.2, 0) is 4.79 Å². The van der Waals surface area contributed by atoms with Crippen LogP contribution in [0.1, 0.15) is 6.92 Å². The van der Waals surface area contributed by atoms with Crippen LogP contribution in [0.4, 0.5) is 5.69 Å². The second-order valence-corrected chi connectivity index (χ2v) is 4.51. The van der Waals surface area contributed by atoms with Gasteiger partial charge in [-0.3, -0.25) is 4.79 Å².